The van der Waals surface area contributed by atoms with E-state index in [1.165, 1.54) is 0 Å². The molecule has 19 heavy (non-hydrogen) atoms. The highest BCUT2D eigenvalue weighted by molar-refractivity contribution is 9.10. The molecule has 5 heteroatoms. The van der Waals surface area contributed by atoms with Gasteiger partial charge in [0.05, 0.1) is 4.47 Å². The van der Waals surface area contributed by atoms with Crippen molar-refractivity contribution in [3.63, 3.8) is 0 Å². The zero-order valence-corrected chi connectivity index (χ0v) is 12.8. The average Bonchev–Trinajstić information content (AvgIpc) is 2.78. The number of carbonyl (C=O) groups is 1. The van der Waals surface area contributed by atoms with E-state index in [9.17, 15) is 4.79 Å². The Balaban J connectivity index is 2.00. The maximum Gasteiger partial charge on any atom is 0.263 e. The molecule has 104 valence electrons. The SMILES string of the molecule is Cc1ccc(OC(C)C(=O)N2CC[C@@H](N)C2)c(Br)c1. The fourth-order valence-corrected chi connectivity index (χ4v) is 2.77. The molecule has 1 aromatic carbocycles. The van der Waals surface area contributed by atoms with E-state index in [1.54, 1.807) is 11.8 Å². The molecule has 1 amide bonds. The summed E-state index contributed by atoms with van der Waals surface area (Å²) >= 11 is 3.45. The standard InChI is InChI=1S/C14H19BrN2O2/c1-9-3-4-13(12(15)7-9)19-10(2)14(18)17-6-5-11(16)8-17/h3-4,7,10-11H,5-6,8,16H2,1-2H3/t10?,11-/m1/s1. The third-order valence-corrected chi connectivity index (χ3v) is 3.89. The van der Waals surface area contributed by atoms with E-state index < -0.39 is 6.10 Å². The van der Waals surface area contributed by atoms with E-state index in [4.69, 9.17) is 10.5 Å². The molecule has 2 atom stereocenters. The molecular formula is C14H19BrN2O2. The molecule has 1 fully saturated rings. The molecule has 0 radical (unpaired) electrons. The number of halogens is 1. The Morgan fingerprint density at radius 2 is 2.32 bits per heavy atom. The fraction of sp³-hybridized carbons (Fsp3) is 0.500. The molecule has 1 aliphatic heterocycles. The molecule has 1 saturated heterocycles. The number of hydrogen-bond acceptors (Lipinski definition) is 3. The van der Waals surface area contributed by atoms with Crippen LogP contribution in [0.2, 0.25) is 0 Å². The van der Waals surface area contributed by atoms with Crippen molar-refractivity contribution >= 4 is 21.8 Å². The topological polar surface area (TPSA) is 55.6 Å². The second-order valence-electron chi connectivity index (χ2n) is 5.03. The number of hydrogen-bond donors (Lipinski definition) is 1. The van der Waals surface area contributed by atoms with Gasteiger partial charge in [-0.1, -0.05) is 6.07 Å². The highest BCUT2D eigenvalue weighted by Crippen LogP contribution is 2.27. The first kappa shape index (κ1) is 14.3. The molecule has 0 aromatic heterocycles. The highest BCUT2D eigenvalue weighted by atomic mass is 79.9. The highest BCUT2D eigenvalue weighted by Gasteiger charge is 2.28. The average molecular weight is 327 g/mol. The molecule has 2 N–H and O–H groups in total. The minimum absolute atomic E-state index is 0.000394. The summed E-state index contributed by atoms with van der Waals surface area (Å²) in [5, 5.41) is 0. The number of likely N-dealkylation sites (tertiary alicyclic amines) is 1. The summed E-state index contributed by atoms with van der Waals surface area (Å²) in [5.74, 6) is 0.690. The number of nitrogens with zero attached hydrogens (tertiary/aromatic N) is 1. The number of ether oxygens (including phenoxy) is 1. The van der Waals surface area contributed by atoms with Crippen molar-refractivity contribution in [3.05, 3.63) is 28.2 Å². The van der Waals surface area contributed by atoms with Crippen molar-refractivity contribution in [1.29, 1.82) is 0 Å². The molecule has 2 rings (SSSR count). The molecule has 1 heterocycles. The van der Waals surface area contributed by atoms with Crippen molar-refractivity contribution in [1.82, 2.24) is 4.90 Å². The zero-order chi connectivity index (χ0) is 14.0. The van der Waals surface area contributed by atoms with Crippen molar-refractivity contribution in [2.45, 2.75) is 32.4 Å². The maximum atomic E-state index is 12.2. The second kappa shape index (κ2) is 5.92. The van der Waals surface area contributed by atoms with Crippen LogP contribution in [0.15, 0.2) is 22.7 Å². The molecule has 0 bridgehead atoms. The summed E-state index contributed by atoms with van der Waals surface area (Å²) in [6.07, 6.45) is 0.372. The molecule has 1 aromatic rings. The van der Waals surface area contributed by atoms with Crippen LogP contribution in [0.3, 0.4) is 0 Å². The van der Waals surface area contributed by atoms with Crippen LogP contribution in [0.4, 0.5) is 0 Å². The van der Waals surface area contributed by atoms with Crippen LogP contribution < -0.4 is 10.5 Å². The number of benzene rings is 1. The Kier molecular flexibility index (Phi) is 4.47. The number of amides is 1. The Labute approximate surface area is 122 Å². The van der Waals surface area contributed by atoms with Crippen LogP contribution in [0.1, 0.15) is 18.9 Å². The van der Waals surface area contributed by atoms with Crippen LogP contribution in [0.25, 0.3) is 0 Å². The van der Waals surface area contributed by atoms with Crippen LogP contribution >= 0.6 is 15.9 Å². The molecular weight excluding hydrogens is 308 g/mol. The van der Waals surface area contributed by atoms with Gasteiger partial charge in [0.15, 0.2) is 6.10 Å². The quantitative estimate of drug-likeness (QED) is 0.925. The van der Waals surface area contributed by atoms with E-state index in [1.807, 2.05) is 25.1 Å². The van der Waals surface area contributed by atoms with Crippen LogP contribution in [-0.2, 0) is 4.79 Å². The van der Waals surface area contributed by atoms with E-state index in [0.29, 0.717) is 12.3 Å². The number of rotatable bonds is 3. The minimum atomic E-state index is -0.496. The zero-order valence-electron chi connectivity index (χ0n) is 11.2. The smallest absolute Gasteiger partial charge is 0.263 e. The van der Waals surface area contributed by atoms with E-state index in [0.717, 1.165) is 23.0 Å². The predicted octanol–water partition coefficient (Wildman–Crippen LogP) is 2.08. The Morgan fingerprint density at radius 3 is 2.89 bits per heavy atom. The van der Waals surface area contributed by atoms with E-state index in [2.05, 4.69) is 15.9 Å². The van der Waals surface area contributed by atoms with Gasteiger partial charge in [-0.15, -0.1) is 0 Å². The predicted molar refractivity (Wildman–Crippen MR) is 78.1 cm³/mol. The third kappa shape index (κ3) is 3.48. The van der Waals surface area contributed by atoms with Gasteiger partial charge < -0.3 is 15.4 Å². The van der Waals surface area contributed by atoms with Crippen molar-refractivity contribution in [2.24, 2.45) is 5.73 Å². The van der Waals surface area contributed by atoms with Gasteiger partial charge in [0.2, 0.25) is 0 Å². The lowest BCUT2D eigenvalue weighted by atomic mass is 10.2. The number of nitrogens with two attached hydrogens (primary N) is 1. The Hall–Kier alpha value is -1.07. The Morgan fingerprint density at radius 1 is 1.58 bits per heavy atom. The lowest BCUT2D eigenvalue weighted by Gasteiger charge is -2.22. The first-order valence-electron chi connectivity index (χ1n) is 6.44. The number of aryl methyl sites for hydroxylation is 1. The lowest BCUT2D eigenvalue weighted by Crippen LogP contribution is -2.40. The van der Waals surface area contributed by atoms with E-state index >= 15 is 0 Å². The minimum Gasteiger partial charge on any atom is -0.480 e. The summed E-state index contributed by atoms with van der Waals surface area (Å²) in [6, 6.07) is 5.91. The summed E-state index contributed by atoms with van der Waals surface area (Å²) in [7, 11) is 0. The van der Waals surface area contributed by atoms with Crippen LogP contribution in [-0.4, -0.2) is 36.0 Å². The van der Waals surface area contributed by atoms with Gasteiger partial charge in [-0.3, -0.25) is 4.79 Å². The Bertz CT molecular complexity index is 479. The normalized spacial score (nSPS) is 20.4. The summed E-state index contributed by atoms with van der Waals surface area (Å²) in [5.41, 5.74) is 6.96. The second-order valence-corrected chi connectivity index (χ2v) is 5.88. The summed E-state index contributed by atoms with van der Waals surface area (Å²) < 4.78 is 6.60. The van der Waals surface area contributed by atoms with Crippen molar-refractivity contribution in [3.8, 4) is 5.75 Å². The van der Waals surface area contributed by atoms with Gasteiger partial charge in [0, 0.05) is 19.1 Å². The molecule has 0 saturated carbocycles. The van der Waals surface area contributed by atoms with E-state index in [-0.39, 0.29) is 11.9 Å². The molecule has 4 nitrogen and oxygen atoms in total. The molecule has 1 unspecified atom stereocenters. The molecule has 0 aliphatic carbocycles. The largest absolute Gasteiger partial charge is 0.480 e. The van der Waals surface area contributed by atoms with Crippen molar-refractivity contribution in [2.75, 3.05) is 13.1 Å². The summed E-state index contributed by atoms with van der Waals surface area (Å²) in [4.78, 5) is 14.0. The fourth-order valence-electron chi connectivity index (χ4n) is 2.19. The number of carbonyl (C=O) groups excluding carboxylic acids is 1. The van der Waals surface area contributed by atoms with Gasteiger partial charge >= 0.3 is 0 Å². The van der Waals surface area contributed by atoms with Gasteiger partial charge in [-0.25, -0.2) is 0 Å². The van der Waals surface area contributed by atoms with Gasteiger partial charge in [-0.05, 0) is 53.9 Å². The van der Waals surface area contributed by atoms with Gasteiger partial charge in [0.25, 0.3) is 5.91 Å². The monoisotopic (exact) mass is 326 g/mol. The van der Waals surface area contributed by atoms with Crippen LogP contribution in [0.5, 0.6) is 5.75 Å². The summed E-state index contributed by atoms with van der Waals surface area (Å²) in [6.45, 7) is 5.14. The van der Waals surface area contributed by atoms with Gasteiger partial charge in [0.1, 0.15) is 5.75 Å². The van der Waals surface area contributed by atoms with Crippen molar-refractivity contribution < 1.29 is 9.53 Å². The first-order chi connectivity index (χ1) is 8.97. The van der Waals surface area contributed by atoms with Crippen LogP contribution in [0, 0.1) is 6.92 Å². The molecule has 0 spiro atoms. The van der Waals surface area contributed by atoms with Gasteiger partial charge in [-0.2, -0.15) is 0 Å². The lowest BCUT2D eigenvalue weighted by molar-refractivity contribution is -0.136. The maximum absolute atomic E-state index is 12.2. The first-order valence-corrected chi connectivity index (χ1v) is 7.24. The third-order valence-electron chi connectivity index (χ3n) is 3.28. The molecule has 1 aliphatic rings.